The summed E-state index contributed by atoms with van der Waals surface area (Å²) in [6.07, 6.45) is 1.39. The molecule has 0 bridgehead atoms. The molecule has 1 rings (SSSR count). The van der Waals surface area contributed by atoms with Gasteiger partial charge in [0.2, 0.25) is 5.75 Å². The van der Waals surface area contributed by atoms with Crippen LogP contribution >= 0.6 is 11.8 Å². The lowest BCUT2D eigenvalue weighted by Gasteiger charge is -2.17. The highest BCUT2D eigenvalue weighted by molar-refractivity contribution is 7.99. The van der Waals surface area contributed by atoms with Crippen molar-refractivity contribution < 1.29 is 28.9 Å². The number of carboxylic acid groups (broad SMARTS) is 1. The van der Waals surface area contributed by atoms with Gasteiger partial charge in [-0.2, -0.15) is 11.8 Å². The van der Waals surface area contributed by atoms with Crippen molar-refractivity contribution in [1.29, 1.82) is 0 Å². The minimum Gasteiger partial charge on any atom is -0.493 e. The third-order valence-electron chi connectivity index (χ3n) is 3.43. The molecule has 0 saturated heterocycles. The van der Waals surface area contributed by atoms with Crippen LogP contribution in [0.4, 0.5) is 0 Å². The van der Waals surface area contributed by atoms with Crippen molar-refractivity contribution in [3.8, 4) is 17.2 Å². The minimum atomic E-state index is -1.06. The zero-order valence-corrected chi connectivity index (χ0v) is 15.8. The van der Waals surface area contributed by atoms with Crippen molar-refractivity contribution >= 4 is 23.6 Å². The van der Waals surface area contributed by atoms with Crippen LogP contribution in [-0.4, -0.2) is 55.9 Å². The van der Waals surface area contributed by atoms with E-state index in [2.05, 4.69) is 12.2 Å². The lowest BCUT2D eigenvalue weighted by Crippen LogP contribution is -2.41. The standard InChI is InChI=1S/C17H25NO6S/c1-5-7-25-8-6-12(17(20)21)18-16(19)11-9-13(22-2)15(24-4)14(10-11)23-3/h9-10,12H,5-8H2,1-4H3,(H,18,19)(H,20,21). The molecule has 0 spiro atoms. The quantitative estimate of drug-likeness (QED) is 0.577. The van der Waals surface area contributed by atoms with Crippen LogP contribution in [0, 0.1) is 0 Å². The van der Waals surface area contributed by atoms with Crippen LogP contribution in [0.5, 0.6) is 17.2 Å². The molecule has 0 aliphatic carbocycles. The number of hydrogen-bond donors (Lipinski definition) is 2. The molecule has 1 aromatic rings. The Balaban J connectivity index is 2.91. The highest BCUT2D eigenvalue weighted by Crippen LogP contribution is 2.38. The molecule has 25 heavy (non-hydrogen) atoms. The second-order valence-corrected chi connectivity index (χ2v) is 6.40. The van der Waals surface area contributed by atoms with Gasteiger partial charge in [-0.3, -0.25) is 4.79 Å². The summed E-state index contributed by atoms with van der Waals surface area (Å²) in [7, 11) is 4.36. The molecule has 0 aliphatic heterocycles. The fourth-order valence-electron chi connectivity index (χ4n) is 2.16. The Bertz CT molecular complexity index is 567. The highest BCUT2D eigenvalue weighted by atomic mass is 32.2. The summed E-state index contributed by atoms with van der Waals surface area (Å²) in [5.41, 5.74) is 0.238. The Morgan fingerprint density at radius 2 is 1.72 bits per heavy atom. The number of amides is 1. The first-order valence-corrected chi connectivity index (χ1v) is 9.05. The second-order valence-electron chi connectivity index (χ2n) is 5.18. The molecular formula is C17H25NO6S. The van der Waals surface area contributed by atoms with Crippen molar-refractivity contribution in [2.75, 3.05) is 32.8 Å². The van der Waals surface area contributed by atoms with E-state index < -0.39 is 17.9 Å². The van der Waals surface area contributed by atoms with Gasteiger partial charge in [0.25, 0.3) is 5.91 Å². The first-order valence-electron chi connectivity index (χ1n) is 7.89. The molecule has 0 aliphatic rings. The number of ether oxygens (including phenoxy) is 3. The molecule has 140 valence electrons. The van der Waals surface area contributed by atoms with Crippen molar-refractivity contribution in [2.45, 2.75) is 25.8 Å². The van der Waals surface area contributed by atoms with Crippen LogP contribution in [-0.2, 0) is 4.79 Å². The van der Waals surface area contributed by atoms with Gasteiger partial charge in [0, 0.05) is 5.56 Å². The van der Waals surface area contributed by atoms with Crippen LogP contribution in [0.1, 0.15) is 30.1 Å². The average Bonchev–Trinajstić information content (AvgIpc) is 2.62. The summed E-state index contributed by atoms with van der Waals surface area (Å²) in [4.78, 5) is 23.8. The summed E-state index contributed by atoms with van der Waals surface area (Å²) in [5, 5.41) is 11.9. The van der Waals surface area contributed by atoms with E-state index in [0.29, 0.717) is 29.4 Å². The number of nitrogens with one attached hydrogen (secondary N) is 1. The summed E-state index contributed by atoms with van der Waals surface area (Å²) in [5.74, 6) is 1.10. The van der Waals surface area contributed by atoms with E-state index in [4.69, 9.17) is 14.2 Å². The van der Waals surface area contributed by atoms with Crippen molar-refractivity contribution in [3.63, 3.8) is 0 Å². The number of methoxy groups -OCH3 is 3. The van der Waals surface area contributed by atoms with Crippen molar-refractivity contribution in [2.24, 2.45) is 0 Å². The van der Waals surface area contributed by atoms with E-state index in [1.165, 1.54) is 33.5 Å². The summed E-state index contributed by atoms with van der Waals surface area (Å²) in [6.45, 7) is 2.06. The average molecular weight is 371 g/mol. The van der Waals surface area contributed by atoms with Crippen LogP contribution in [0.2, 0.25) is 0 Å². The molecule has 0 radical (unpaired) electrons. The zero-order valence-electron chi connectivity index (χ0n) is 15.0. The number of thioether (sulfide) groups is 1. The lowest BCUT2D eigenvalue weighted by molar-refractivity contribution is -0.139. The topological polar surface area (TPSA) is 94.1 Å². The molecule has 8 heteroatoms. The Labute approximate surface area is 152 Å². The Hall–Kier alpha value is -2.09. The maximum absolute atomic E-state index is 12.5. The maximum atomic E-state index is 12.5. The Morgan fingerprint density at radius 3 is 2.16 bits per heavy atom. The third kappa shape index (κ3) is 6.04. The van der Waals surface area contributed by atoms with Gasteiger partial charge in [0.15, 0.2) is 11.5 Å². The molecule has 1 unspecified atom stereocenters. The third-order valence-corrected chi connectivity index (χ3v) is 4.65. The summed E-state index contributed by atoms with van der Waals surface area (Å²) < 4.78 is 15.6. The predicted molar refractivity (Wildman–Crippen MR) is 97.2 cm³/mol. The van der Waals surface area contributed by atoms with Gasteiger partial charge in [-0.05, 0) is 36.5 Å². The van der Waals surface area contributed by atoms with E-state index >= 15 is 0 Å². The van der Waals surface area contributed by atoms with Crippen molar-refractivity contribution in [3.05, 3.63) is 17.7 Å². The second kappa shape index (κ2) is 10.7. The zero-order chi connectivity index (χ0) is 18.8. The Morgan fingerprint density at radius 1 is 1.12 bits per heavy atom. The van der Waals surface area contributed by atoms with Crippen LogP contribution in [0.15, 0.2) is 12.1 Å². The number of rotatable bonds is 11. The molecular weight excluding hydrogens is 346 g/mol. The number of carboxylic acids is 1. The molecule has 0 heterocycles. The number of carbonyl (C=O) groups is 2. The minimum absolute atomic E-state index is 0.238. The first kappa shape index (κ1) is 21.0. The van der Waals surface area contributed by atoms with Gasteiger partial charge < -0.3 is 24.6 Å². The van der Waals surface area contributed by atoms with E-state index in [9.17, 15) is 14.7 Å². The van der Waals surface area contributed by atoms with Crippen LogP contribution in [0.3, 0.4) is 0 Å². The van der Waals surface area contributed by atoms with Gasteiger partial charge in [0.05, 0.1) is 21.3 Å². The molecule has 1 aromatic carbocycles. The lowest BCUT2D eigenvalue weighted by atomic mass is 10.1. The predicted octanol–water partition coefficient (Wildman–Crippen LogP) is 2.43. The monoisotopic (exact) mass is 371 g/mol. The molecule has 0 saturated carbocycles. The van der Waals surface area contributed by atoms with E-state index in [1.807, 2.05) is 0 Å². The van der Waals surface area contributed by atoms with Gasteiger partial charge in [-0.1, -0.05) is 6.92 Å². The van der Waals surface area contributed by atoms with Crippen molar-refractivity contribution in [1.82, 2.24) is 5.32 Å². The molecule has 1 amide bonds. The van der Waals surface area contributed by atoms with E-state index in [-0.39, 0.29) is 5.56 Å². The smallest absolute Gasteiger partial charge is 0.326 e. The fraction of sp³-hybridized carbons (Fsp3) is 0.529. The van der Waals surface area contributed by atoms with Gasteiger partial charge in [-0.15, -0.1) is 0 Å². The van der Waals surface area contributed by atoms with E-state index in [1.54, 1.807) is 11.8 Å². The molecule has 2 N–H and O–H groups in total. The number of hydrogen-bond acceptors (Lipinski definition) is 6. The SMILES string of the molecule is CCCSCCC(NC(=O)c1cc(OC)c(OC)c(OC)c1)C(=O)O. The number of carbonyl (C=O) groups excluding carboxylic acids is 1. The Kier molecular flexibility index (Phi) is 8.98. The van der Waals surface area contributed by atoms with E-state index in [0.717, 1.165) is 12.2 Å². The molecule has 0 aromatic heterocycles. The highest BCUT2D eigenvalue weighted by Gasteiger charge is 2.22. The first-order chi connectivity index (χ1) is 12.0. The fourth-order valence-corrected chi connectivity index (χ4v) is 3.05. The van der Waals surface area contributed by atoms with Gasteiger partial charge >= 0.3 is 5.97 Å². The summed E-state index contributed by atoms with van der Waals surface area (Å²) in [6, 6.07) is 2.03. The van der Waals surface area contributed by atoms with Gasteiger partial charge in [-0.25, -0.2) is 4.79 Å². The summed E-state index contributed by atoms with van der Waals surface area (Å²) >= 11 is 1.67. The number of benzene rings is 1. The molecule has 7 nitrogen and oxygen atoms in total. The van der Waals surface area contributed by atoms with Gasteiger partial charge in [0.1, 0.15) is 6.04 Å². The number of aliphatic carboxylic acids is 1. The maximum Gasteiger partial charge on any atom is 0.326 e. The van der Waals surface area contributed by atoms with Crippen LogP contribution < -0.4 is 19.5 Å². The molecule has 1 atom stereocenters. The largest absolute Gasteiger partial charge is 0.493 e. The van der Waals surface area contributed by atoms with Crippen LogP contribution in [0.25, 0.3) is 0 Å². The molecule has 0 fully saturated rings. The normalized spacial score (nSPS) is 11.5.